The van der Waals surface area contributed by atoms with Crippen molar-refractivity contribution in [3.05, 3.63) is 48.0 Å². The van der Waals surface area contributed by atoms with Gasteiger partial charge < -0.3 is 14.6 Å². The van der Waals surface area contributed by atoms with Crippen molar-refractivity contribution in [3.63, 3.8) is 0 Å². The van der Waals surface area contributed by atoms with E-state index in [2.05, 4.69) is 10.3 Å². The molecule has 0 aliphatic carbocycles. The molecule has 2 amide bonds. The highest BCUT2D eigenvalue weighted by Crippen LogP contribution is 2.37. The number of hydrogen-bond acceptors (Lipinski definition) is 6. The minimum absolute atomic E-state index is 0.110. The van der Waals surface area contributed by atoms with Crippen LogP contribution in [0.2, 0.25) is 0 Å². The standard InChI is InChI=1S/C24H26N4O4S/c1-5-27-18-12-11-15(21(30)32-6-2)13-17(18)26-23(27)33-14-20(29)28-19-10-8-7-9-16(19)25-22(31)24(28,3)4/h7-13H,5-6,14H2,1-4H3,(H,25,31). The van der Waals surface area contributed by atoms with Gasteiger partial charge in [-0.15, -0.1) is 0 Å². The number of rotatable bonds is 6. The van der Waals surface area contributed by atoms with Crippen molar-refractivity contribution in [2.75, 3.05) is 22.6 Å². The van der Waals surface area contributed by atoms with Crippen molar-refractivity contribution in [3.8, 4) is 0 Å². The molecule has 2 heterocycles. The Morgan fingerprint density at radius 1 is 1.15 bits per heavy atom. The number of para-hydroxylation sites is 2. The van der Waals surface area contributed by atoms with Crippen LogP contribution in [0, 0.1) is 0 Å². The highest BCUT2D eigenvalue weighted by Gasteiger charge is 2.43. The summed E-state index contributed by atoms with van der Waals surface area (Å²) in [5, 5.41) is 3.55. The zero-order valence-electron chi connectivity index (χ0n) is 19.0. The number of nitrogens with one attached hydrogen (secondary N) is 1. The summed E-state index contributed by atoms with van der Waals surface area (Å²) in [6, 6.07) is 12.6. The largest absolute Gasteiger partial charge is 0.462 e. The fourth-order valence-corrected chi connectivity index (χ4v) is 4.88. The molecule has 0 spiro atoms. The summed E-state index contributed by atoms with van der Waals surface area (Å²) in [6.07, 6.45) is 0. The monoisotopic (exact) mass is 466 g/mol. The first kappa shape index (κ1) is 22.8. The van der Waals surface area contributed by atoms with Gasteiger partial charge in [-0.3, -0.25) is 14.5 Å². The van der Waals surface area contributed by atoms with Crippen molar-refractivity contribution in [1.82, 2.24) is 9.55 Å². The Labute approximate surface area is 196 Å². The van der Waals surface area contributed by atoms with Crippen molar-refractivity contribution in [1.29, 1.82) is 0 Å². The summed E-state index contributed by atoms with van der Waals surface area (Å²) in [6.45, 7) is 8.20. The van der Waals surface area contributed by atoms with Crippen LogP contribution in [0.4, 0.5) is 11.4 Å². The second kappa shape index (κ2) is 8.90. The Morgan fingerprint density at radius 2 is 1.91 bits per heavy atom. The highest BCUT2D eigenvalue weighted by atomic mass is 32.2. The summed E-state index contributed by atoms with van der Waals surface area (Å²) in [7, 11) is 0. The van der Waals surface area contributed by atoms with Gasteiger partial charge in [-0.1, -0.05) is 23.9 Å². The quantitative estimate of drug-likeness (QED) is 0.434. The number of benzene rings is 2. The second-order valence-corrected chi connectivity index (χ2v) is 9.05. The van der Waals surface area contributed by atoms with Crippen LogP contribution in [0.25, 0.3) is 11.0 Å². The number of anilines is 2. The zero-order valence-corrected chi connectivity index (χ0v) is 19.9. The fourth-order valence-electron chi connectivity index (χ4n) is 3.95. The third-order valence-corrected chi connectivity index (χ3v) is 6.58. The number of carbonyl (C=O) groups excluding carboxylic acids is 3. The lowest BCUT2D eigenvalue weighted by Crippen LogP contribution is -2.59. The first-order valence-corrected chi connectivity index (χ1v) is 11.8. The lowest BCUT2D eigenvalue weighted by Gasteiger charge is -2.42. The summed E-state index contributed by atoms with van der Waals surface area (Å²) in [4.78, 5) is 44.3. The van der Waals surface area contributed by atoms with E-state index in [-0.39, 0.29) is 23.5 Å². The molecule has 2 aromatic carbocycles. The van der Waals surface area contributed by atoms with Gasteiger partial charge in [-0.2, -0.15) is 0 Å². The number of imidazole rings is 1. The van der Waals surface area contributed by atoms with E-state index in [1.54, 1.807) is 43.9 Å². The SMILES string of the molecule is CCOC(=O)c1ccc2c(c1)nc(SCC(=O)N1c3ccccc3NC(=O)C1(C)C)n2CC. The number of aryl methyl sites for hydroxylation is 1. The summed E-state index contributed by atoms with van der Waals surface area (Å²) >= 11 is 1.31. The number of amides is 2. The maximum absolute atomic E-state index is 13.4. The van der Waals surface area contributed by atoms with E-state index in [4.69, 9.17) is 4.74 Å². The van der Waals surface area contributed by atoms with Gasteiger partial charge in [0.05, 0.1) is 40.3 Å². The van der Waals surface area contributed by atoms with E-state index in [9.17, 15) is 14.4 Å². The van der Waals surface area contributed by atoms with Crippen LogP contribution >= 0.6 is 11.8 Å². The van der Waals surface area contributed by atoms with E-state index in [1.165, 1.54) is 11.8 Å². The number of fused-ring (bicyclic) bond motifs is 2. The topological polar surface area (TPSA) is 93.5 Å². The molecule has 0 fully saturated rings. The van der Waals surface area contributed by atoms with E-state index in [0.717, 1.165) is 5.52 Å². The number of aromatic nitrogens is 2. The molecule has 33 heavy (non-hydrogen) atoms. The fraction of sp³-hybridized carbons (Fsp3) is 0.333. The van der Waals surface area contributed by atoms with Crippen LogP contribution in [0.3, 0.4) is 0 Å². The predicted molar refractivity (Wildman–Crippen MR) is 129 cm³/mol. The number of hydrogen-bond donors (Lipinski definition) is 1. The van der Waals surface area contributed by atoms with Gasteiger partial charge in [-0.25, -0.2) is 9.78 Å². The first-order valence-electron chi connectivity index (χ1n) is 10.8. The zero-order chi connectivity index (χ0) is 23.8. The molecule has 9 heteroatoms. The summed E-state index contributed by atoms with van der Waals surface area (Å²) in [5.41, 5.74) is 2.26. The summed E-state index contributed by atoms with van der Waals surface area (Å²) < 4.78 is 7.09. The minimum Gasteiger partial charge on any atom is -0.462 e. The molecule has 1 aliphatic heterocycles. The third-order valence-electron chi connectivity index (χ3n) is 5.62. The smallest absolute Gasteiger partial charge is 0.338 e. The number of nitrogens with zero attached hydrogens (tertiary/aromatic N) is 3. The number of carbonyl (C=O) groups is 3. The number of ether oxygens (including phenoxy) is 1. The molecule has 0 saturated carbocycles. The van der Waals surface area contributed by atoms with Gasteiger partial charge >= 0.3 is 5.97 Å². The molecule has 1 aromatic heterocycles. The molecule has 172 valence electrons. The number of esters is 1. The van der Waals surface area contributed by atoms with Crippen LogP contribution < -0.4 is 10.2 Å². The van der Waals surface area contributed by atoms with Gasteiger partial charge in [0.15, 0.2) is 5.16 Å². The van der Waals surface area contributed by atoms with Crippen LogP contribution in [-0.4, -0.2) is 45.2 Å². The molecule has 0 saturated heterocycles. The van der Waals surface area contributed by atoms with Crippen LogP contribution in [0.1, 0.15) is 38.1 Å². The molecule has 1 N–H and O–H groups in total. The van der Waals surface area contributed by atoms with Crippen molar-refractivity contribution < 1.29 is 19.1 Å². The average Bonchev–Trinajstić information content (AvgIpc) is 3.15. The lowest BCUT2D eigenvalue weighted by atomic mass is 9.96. The molecule has 3 aromatic rings. The third kappa shape index (κ3) is 4.08. The average molecular weight is 467 g/mol. The molecule has 1 aliphatic rings. The first-order chi connectivity index (χ1) is 15.8. The molecule has 0 bridgehead atoms. The van der Waals surface area contributed by atoms with E-state index < -0.39 is 5.54 Å². The Kier molecular flexibility index (Phi) is 6.16. The van der Waals surface area contributed by atoms with Crippen LogP contribution in [0.5, 0.6) is 0 Å². The molecule has 0 radical (unpaired) electrons. The highest BCUT2D eigenvalue weighted by molar-refractivity contribution is 7.99. The van der Waals surface area contributed by atoms with Gasteiger partial charge in [0.25, 0.3) is 0 Å². The molecule has 0 unspecified atom stereocenters. The van der Waals surface area contributed by atoms with Gasteiger partial charge in [0, 0.05) is 6.54 Å². The Balaban J connectivity index is 1.61. The van der Waals surface area contributed by atoms with Gasteiger partial charge in [0.2, 0.25) is 11.8 Å². The van der Waals surface area contributed by atoms with Crippen molar-refractivity contribution in [2.45, 2.75) is 44.9 Å². The van der Waals surface area contributed by atoms with Gasteiger partial charge in [-0.05, 0) is 58.0 Å². The normalized spacial score (nSPS) is 14.7. The second-order valence-electron chi connectivity index (χ2n) is 8.11. The van der Waals surface area contributed by atoms with E-state index >= 15 is 0 Å². The van der Waals surface area contributed by atoms with Crippen LogP contribution in [0.15, 0.2) is 47.6 Å². The molecule has 8 nitrogen and oxygen atoms in total. The maximum Gasteiger partial charge on any atom is 0.338 e. The Bertz CT molecular complexity index is 1250. The maximum atomic E-state index is 13.4. The lowest BCUT2D eigenvalue weighted by molar-refractivity contribution is -0.125. The van der Waals surface area contributed by atoms with Crippen molar-refractivity contribution >= 4 is 52.0 Å². The number of thioether (sulfide) groups is 1. The summed E-state index contributed by atoms with van der Waals surface area (Å²) in [5.74, 6) is -0.695. The van der Waals surface area contributed by atoms with Gasteiger partial charge in [0.1, 0.15) is 5.54 Å². The molecular weight excluding hydrogens is 440 g/mol. The van der Waals surface area contributed by atoms with E-state index in [1.807, 2.05) is 35.8 Å². The Morgan fingerprint density at radius 3 is 2.64 bits per heavy atom. The molecule has 4 rings (SSSR count). The molecule has 0 atom stereocenters. The predicted octanol–water partition coefficient (Wildman–Crippen LogP) is 4.09. The van der Waals surface area contributed by atoms with Crippen LogP contribution in [-0.2, 0) is 20.9 Å². The van der Waals surface area contributed by atoms with E-state index in [0.29, 0.717) is 40.8 Å². The molecular formula is C24H26N4O4S. The minimum atomic E-state index is -1.02. The van der Waals surface area contributed by atoms with Crippen molar-refractivity contribution in [2.24, 2.45) is 0 Å². The Hall–Kier alpha value is -3.33.